The maximum Gasteiger partial charge on any atom is 0.210 e. The zero-order valence-electron chi connectivity index (χ0n) is 6.14. The summed E-state index contributed by atoms with van der Waals surface area (Å²) in [6.07, 6.45) is 0. The number of hydrogen-bond acceptors (Lipinski definition) is 3. The van der Waals surface area contributed by atoms with Crippen LogP contribution in [0.5, 0.6) is 0 Å². The Morgan fingerprint density at radius 2 is 1.86 bits per heavy atom. The molecule has 0 radical (unpaired) electrons. The normalized spacial score (nSPS) is 13.1. The zero-order chi connectivity index (χ0) is 6.95. The van der Waals surface area contributed by atoms with Crippen LogP contribution in [0.3, 0.4) is 0 Å². The Labute approximate surface area is 46.0 Å². The van der Waals surface area contributed by atoms with Crippen molar-refractivity contribution < 1.29 is 10.2 Å². The molecule has 0 atom stereocenters. The van der Waals surface area contributed by atoms with E-state index in [4.69, 9.17) is 2.86 Å². The second kappa shape index (κ2) is 5.88. The van der Waals surface area contributed by atoms with Crippen molar-refractivity contribution in [3.8, 4) is 0 Å². The van der Waals surface area contributed by atoms with Crippen molar-refractivity contribution in [1.29, 1.82) is 2.86 Å². The highest BCUT2D eigenvalue weighted by molar-refractivity contribution is 4.39. The van der Waals surface area contributed by atoms with Crippen LogP contribution < -0.4 is 5.32 Å². The Hall–Kier alpha value is -0.120. The highest BCUT2D eigenvalue weighted by atomic mass is 16.3. The van der Waals surface area contributed by atoms with Gasteiger partial charge in [0.2, 0.25) is 2.86 Å². The number of nitrogens with one attached hydrogen (secondary N) is 1. The van der Waals surface area contributed by atoms with Crippen LogP contribution in [0.25, 0.3) is 0 Å². The molecule has 0 unspecified atom stereocenters. The van der Waals surface area contributed by atoms with Gasteiger partial charge in [0.1, 0.15) is 0 Å². The number of aliphatic hydroxyl groups excluding tert-OH is 2. The molecule has 44 valence electrons. The molecule has 0 aliphatic heterocycles. The summed E-state index contributed by atoms with van der Waals surface area (Å²) in [6.45, 7) is 2.01. The average Bonchev–Trinajstić information content (AvgIpc) is 1.89. The quantitative estimate of drug-likeness (QED) is 0.364. The summed E-state index contributed by atoms with van der Waals surface area (Å²) in [6, 6.07) is 0. The van der Waals surface area contributed by atoms with E-state index in [1.54, 1.807) is 0 Å². The maximum absolute atomic E-state index is 6.27. The molecular formula is C4H11NO2. The standard InChI is InChI=1S/C4H11NO2/c6-3-1-5-2-4-7/h5-7H,1-4H2/i6D,7D. The second-order valence-corrected chi connectivity index (χ2v) is 1.16. The van der Waals surface area contributed by atoms with Gasteiger partial charge < -0.3 is 15.5 Å². The fraction of sp³-hybridized carbons (Fsp3) is 1.00. The molecule has 0 aromatic rings. The van der Waals surface area contributed by atoms with Gasteiger partial charge in [0.05, 0.1) is 13.2 Å². The number of rotatable bonds is 6. The molecule has 3 heteroatoms. The first-order chi connectivity index (χ1) is 4.41. The molecule has 0 heterocycles. The summed E-state index contributed by atoms with van der Waals surface area (Å²) in [5, 5.41) is 10.9. The van der Waals surface area contributed by atoms with Gasteiger partial charge in [-0.1, -0.05) is 0 Å². The van der Waals surface area contributed by atoms with Crippen LogP contribution in [-0.2, 0) is 0 Å². The molecule has 0 aliphatic rings. The summed E-state index contributed by atoms with van der Waals surface area (Å²) in [5.74, 6) is 0. The number of aliphatic hydroxyl groups is 2. The summed E-state index contributed by atoms with van der Waals surface area (Å²) < 4.78 is 12.5. The Morgan fingerprint density at radius 1 is 1.29 bits per heavy atom. The predicted octanol–water partition coefficient (Wildman–Crippen LogP) is -1.44. The Morgan fingerprint density at radius 3 is 2.29 bits per heavy atom. The first kappa shape index (κ1) is 3.83. The van der Waals surface area contributed by atoms with E-state index in [1.165, 1.54) is 0 Å². The molecule has 0 saturated carbocycles. The highest BCUT2D eigenvalue weighted by Gasteiger charge is 1.78. The first-order valence-electron chi connectivity index (χ1n) is 3.10. The molecule has 0 aliphatic carbocycles. The van der Waals surface area contributed by atoms with Gasteiger partial charge in [0, 0.05) is 13.1 Å². The molecule has 0 aromatic heterocycles. The van der Waals surface area contributed by atoms with E-state index in [2.05, 4.69) is 15.5 Å². The maximum atomic E-state index is 6.27. The zero-order valence-corrected chi connectivity index (χ0v) is 4.14. The molecule has 0 bridgehead atoms. The lowest BCUT2D eigenvalue weighted by molar-refractivity contribution is 0.267. The second-order valence-electron chi connectivity index (χ2n) is 1.16. The molecule has 0 aromatic carbocycles. The van der Waals surface area contributed by atoms with Crippen molar-refractivity contribution in [2.24, 2.45) is 0 Å². The smallest absolute Gasteiger partial charge is 0.210 e. The Kier molecular flexibility index (Phi) is 3.22. The summed E-state index contributed by atoms with van der Waals surface area (Å²) in [4.78, 5) is 0. The monoisotopic (exact) mass is 107 g/mol. The van der Waals surface area contributed by atoms with Crippen molar-refractivity contribution in [1.82, 2.24) is 5.32 Å². The molecule has 3 nitrogen and oxygen atoms in total. The first-order valence-corrected chi connectivity index (χ1v) is 2.28. The van der Waals surface area contributed by atoms with Gasteiger partial charge >= 0.3 is 0 Å². The van der Waals surface area contributed by atoms with Crippen molar-refractivity contribution in [3.05, 3.63) is 0 Å². The largest absolute Gasteiger partial charge is 0.395 e. The molecule has 0 amide bonds. The topological polar surface area (TPSA) is 52.5 Å². The lowest BCUT2D eigenvalue weighted by Gasteiger charge is -1.94. The van der Waals surface area contributed by atoms with E-state index in [-0.39, 0.29) is 0 Å². The van der Waals surface area contributed by atoms with Crippen LogP contribution in [0, 0.1) is 0 Å². The highest BCUT2D eigenvalue weighted by Crippen LogP contribution is 1.54. The van der Waals surface area contributed by atoms with Gasteiger partial charge in [-0.15, -0.1) is 0 Å². The van der Waals surface area contributed by atoms with Crippen LogP contribution in [0.1, 0.15) is 0 Å². The van der Waals surface area contributed by atoms with E-state index in [0.29, 0.717) is 26.3 Å². The molecule has 0 rings (SSSR count). The van der Waals surface area contributed by atoms with Gasteiger partial charge in [-0.05, 0) is 0 Å². The lowest BCUT2D eigenvalue weighted by Crippen LogP contribution is -2.21. The fourth-order valence-electron chi connectivity index (χ4n) is 0.269. The van der Waals surface area contributed by atoms with Gasteiger partial charge in [-0.2, -0.15) is 0 Å². The minimum atomic E-state index is 0.373. The van der Waals surface area contributed by atoms with E-state index in [9.17, 15) is 0 Å². The molecular weight excluding hydrogens is 94.0 g/mol. The van der Waals surface area contributed by atoms with Gasteiger partial charge in [0.25, 0.3) is 0 Å². The third-order valence-electron chi connectivity index (χ3n) is 0.558. The van der Waals surface area contributed by atoms with Crippen LogP contribution >= 0.6 is 0 Å². The fourth-order valence-corrected chi connectivity index (χ4v) is 0.269. The summed E-state index contributed by atoms with van der Waals surface area (Å²) in [7, 11) is 0. The van der Waals surface area contributed by atoms with Gasteiger partial charge in [0.15, 0.2) is 0 Å². The molecule has 0 spiro atoms. The van der Waals surface area contributed by atoms with Crippen molar-refractivity contribution in [3.63, 3.8) is 0 Å². The Bertz CT molecular complexity index is 49.8. The van der Waals surface area contributed by atoms with Crippen LogP contribution in [0.15, 0.2) is 0 Å². The third kappa shape index (κ3) is 5.88. The third-order valence-corrected chi connectivity index (χ3v) is 0.558. The van der Waals surface area contributed by atoms with Crippen molar-refractivity contribution in [2.75, 3.05) is 26.3 Å². The molecule has 7 heavy (non-hydrogen) atoms. The van der Waals surface area contributed by atoms with E-state index < -0.39 is 0 Å². The minimum Gasteiger partial charge on any atom is -0.395 e. The summed E-state index contributed by atoms with van der Waals surface area (Å²) in [5.41, 5.74) is 0. The van der Waals surface area contributed by atoms with E-state index in [0.717, 1.165) is 0 Å². The van der Waals surface area contributed by atoms with Crippen LogP contribution in [0.4, 0.5) is 0 Å². The van der Waals surface area contributed by atoms with Crippen LogP contribution in [-0.4, -0.2) is 39.4 Å². The van der Waals surface area contributed by atoms with E-state index in [1.807, 2.05) is 0 Å². The van der Waals surface area contributed by atoms with Crippen molar-refractivity contribution >= 4 is 0 Å². The van der Waals surface area contributed by atoms with Gasteiger partial charge in [-0.25, -0.2) is 0 Å². The number of hydrogen-bond donors (Lipinski definition) is 3. The SMILES string of the molecule is [2H]OCCNCCO[2H]. The van der Waals surface area contributed by atoms with Crippen LogP contribution in [0.2, 0.25) is 0 Å². The van der Waals surface area contributed by atoms with Crippen molar-refractivity contribution in [2.45, 2.75) is 0 Å². The average molecular weight is 107 g/mol. The summed E-state index contributed by atoms with van der Waals surface area (Å²) >= 11 is 0. The molecule has 0 fully saturated rings. The van der Waals surface area contributed by atoms with Gasteiger partial charge in [-0.3, -0.25) is 0 Å². The predicted molar refractivity (Wildman–Crippen MR) is 27.0 cm³/mol. The molecule has 3 N–H and O–H groups in total. The minimum absolute atomic E-state index is 0.373. The molecule has 0 saturated heterocycles. The van der Waals surface area contributed by atoms with E-state index >= 15 is 0 Å². The Balaban J connectivity index is 2.60. The lowest BCUT2D eigenvalue weighted by atomic mass is 10.6.